The van der Waals surface area contributed by atoms with Gasteiger partial charge in [-0.2, -0.15) is 5.26 Å². The molecule has 15 heavy (non-hydrogen) atoms. The summed E-state index contributed by atoms with van der Waals surface area (Å²) in [5.41, 5.74) is -0.212. The van der Waals surface area contributed by atoms with Gasteiger partial charge in [-0.25, -0.2) is 4.79 Å². The third kappa shape index (κ3) is 3.78. The molecule has 0 aromatic carbocycles. The number of likely N-dealkylation sites (tertiary alicyclic amines) is 1. The predicted octanol–water partition coefficient (Wildman–Crippen LogP) is 1.73. The zero-order chi connectivity index (χ0) is 11.5. The third-order valence-corrected chi connectivity index (χ3v) is 2.37. The molecular weight excluding hydrogens is 190 g/mol. The minimum Gasteiger partial charge on any atom is -0.333 e. The molecular formula is C11H19N3O. The summed E-state index contributed by atoms with van der Waals surface area (Å²) in [6.45, 7) is 7.20. The van der Waals surface area contributed by atoms with Gasteiger partial charge in [-0.1, -0.05) is 0 Å². The van der Waals surface area contributed by atoms with Gasteiger partial charge in [0.05, 0.1) is 12.0 Å². The van der Waals surface area contributed by atoms with Crippen molar-refractivity contribution >= 4 is 6.03 Å². The molecule has 0 saturated carbocycles. The van der Waals surface area contributed by atoms with Crippen molar-refractivity contribution in [3.63, 3.8) is 0 Å². The first-order chi connectivity index (χ1) is 6.92. The van der Waals surface area contributed by atoms with E-state index in [0.29, 0.717) is 6.54 Å². The highest BCUT2D eigenvalue weighted by Crippen LogP contribution is 2.16. The molecule has 2 amide bonds. The standard InChI is InChI=1S/C11H19N3O/c1-11(2,3)13-10(15)14-6-4-5-9(7-12)8-14/h9H,4-6,8H2,1-3H3,(H,13,15). The number of piperidine rings is 1. The summed E-state index contributed by atoms with van der Waals surface area (Å²) in [5, 5.41) is 11.7. The van der Waals surface area contributed by atoms with Crippen molar-refractivity contribution in [3.8, 4) is 6.07 Å². The molecule has 1 aliphatic rings. The van der Waals surface area contributed by atoms with Crippen LogP contribution in [0.25, 0.3) is 0 Å². The van der Waals surface area contributed by atoms with Crippen LogP contribution in [0, 0.1) is 17.2 Å². The van der Waals surface area contributed by atoms with Crippen molar-refractivity contribution in [2.24, 2.45) is 5.92 Å². The number of hydrogen-bond donors (Lipinski definition) is 1. The molecule has 0 aliphatic carbocycles. The van der Waals surface area contributed by atoms with Crippen molar-refractivity contribution in [1.82, 2.24) is 10.2 Å². The van der Waals surface area contributed by atoms with Crippen molar-refractivity contribution in [1.29, 1.82) is 5.26 Å². The van der Waals surface area contributed by atoms with Crippen molar-refractivity contribution in [2.75, 3.05) is 13.1 Å². The molecule has 1 N–H and O–H groups in total. The van der Waals surface area contributed by atoms with E-state index in [-0.39, 0.29) is 17.5 Å². The van der Waals surface area contributed by atoms with Crippen LogP contribution < -0.4 is 5.32 Å². The number of urea groups is 1. The van der Waals surface area contributed by atoms with Crippen molar-refractivity contribution < 1.29 is 4.79 Å². The molecule has 1 atom stereocenters. The molecule has 1 unspecified atom stereocenters. The number of rotatable bonds is 0. The van der Waals surface area contributed by atoms with E-state index < -0.39 is 0 Å². The highest BCUT2D eigenvalue weighted by atomic mass is 16.2. The maximum Gasteiger partial charge on any atom is 0.317 e. The van der Waals surface area contributed by atoms with Gasteiger partial charge in [0.1, 0.15) is 0 Å². The second kappa shape index (κ2) is 4.52. The Kier molecular flexibility index (Phi) is 3.57. The Morgan fingerprint density at radius 2 is 2.20 bits per heavy atom. The third-order valence-electron chi connectivity index (χ3n) is 2.37. The zero-order valence-electron chi connectivity index (χ0n) is 9.71. The first-order valence-electron chi connectivity index (χ1n) is 5.39. The highest BCUT2D eigenvalue weighted by molar-refractivity contribution is 5.75. The largest absolute Gasteiger partial charge is 0.333 e. The average molecular weight is 209 g/mol. The molecule has 0 radical (unpaired) electrons. The maximum absolute atomic E-state index is 11.8. The molecule has 1 saturated heterocycles. The molecule has 0 bridgehead atoms. The van der Waals surface area contributed by atoms with Gasteiger partial charge in [-0.05, 0) is 33.6 Å². The highest BCUT2D eigenvalue weighted by Gasteiger charge is 2.25. The van der Waals surface area contributed by atoms with Gasteiger partial charge in [0.25, 0.3) is 0 Å². The van der Waals surface area contributed by atoms with E-state index in [4.69, 9.17) is 5.26 Å². The number of carbonyl (C=O) groups is 1. The molecule has 84 valence electrons. The number of carbonyl (C=O) groups excluding carboxylic acids is 1. The minimum absolute atomic E-state index is 0.00414. The normalized spacial score (nSPS) is 22.0. The summed E-state index contributed by atoms with van der Waals surface area (Å²) in [4.78, 5) is 13.5. The van der Waals surface area contributed by atoms with Gasteiger partial charge in [0.2, 0.25) is 0 Å². The van der Waals surface area contributed by atoms with E-state index in [1.165, 1.54) is 0 Å². The molecule has 4 nitrogen and oxygen atoms in total. The van der Waals surface area contributed by atoms with Crippen LogP contribution in [-0.2, 0) is 0 Å². The first-order valence-corrected chi connectivity index (χ1v) is 5.39. The van der Waals surface area contributed by atoms with Gasteiger partial charge in [0.15, 0.2) is 0 Å². The van der Waals surface area contributed by atoms with Crippen LogP contribution in [-0.4, -0.2) is 29.6 Å². The number of amides is 2. The first kappa shape index (κ1) is 11.8. The number of hydrogen-bond acceptors (Lipinski definition) is 2. The van der Waals surface area contributed by atoms with Gasteiger partial charge in [-0.3, -0.25) is 0 Å². The van der Waals surface area contributed by atoms with Gasteiger partial charge in [-0.15, -0.1) is 0 Å². The van der Waals surface area contributed by atoms with Crippen LogP contribution in [0.5, 0.6) is 0 Å². The fourth-order valence-electron chi connectivity index (χ4n) is 1.67. The lowest BCUT2D eigenvalue weighted by Crippen LogP contribution is -2.51. The molecule has 1 fully saturated rings. The van der Waals surface area contributed by atoms with Crippen molar-refractivity contribution in [2.45, 2.75) is 39.2 Å². The van der Waals surface area contributed by atoms with E-state index in [9.17, 15) is 4.79 Å². The van der Waals surface area contributed by atoms with Crippen LogP contribution in [0.3, 0.4) is 0 Å². The monoisotopic (exact) mass is 209 g/mol. The van der Waals surface area contributed by atoms with Crippen LogP contribution in [0.15, 0.2) is 0 Å². The topological polar surface area (TPSA) is 56.1 Å². The van der Waals surface area contributed by atoms with Crippen LogP contribution in [0.2, 0.25) is 0 Å². The Morgan fingerprint density at radius 1 is 1.53 bits per heavy atom. The number of nitriles is 1. The van der Waals surface area contributed by atoms with E-state index in [1.54, 1.807) is 4.90 Å². The molecule has 0 spiro atoms. The summed E-state index contributed by atoms with van der Waals surface area (Å²) in [5.74, 6) is 0.00414. The molecule has 1 rings (SSSR count). The number of nitrogens with zero attached hydrogens (tertiary/aromatic N) is 2. The SMILES string of the molecule is CC(C)(C)NC(=O)N1CCCC(C#N)C1. The molecule has 0 aromatic heterocycles. The van der Waals surface area contributed by atoms with Gasteiger partial charge < -0.3 is 10.2 Å². The van der Waals surface area contributed by atoms with Gasteiger partial charge in [0, 0.05) is 18.6 Å². The van der Waals surface area contributed by atoms with E-state index >= 15 is 0 Å². The quantitative estimate of drug-likeness (QED) is 0.660. The Morgan fingerprint density at radius 3 is 2.73 bits per heavy atom. The van der Waals surface area contributed by atoms with E-state index in [2.05, 4.69) is 11.4 Å². The molecule has 0 aromatic rings. The Hall–Kier alpha value is -1.24. The van der Waals surface area contributed by atoms with Crippen molar-refractivity contribution in [3.05, 3.63) is 0 Å². The smallest absolute Gasteiger partial charge is 0.317 e. The predicted molar refractivity (Wildman–Crippen MR) is 58.2 cm³/mol. The minimum atomic E-state index is -0.212. The molecule has 1 aliphatic heterocycles. The lowest BCUT2D eigenvalue weighted by molar-refractivity contribution is 0.168. The lowest BCUT2D eigenvalue weighted by atomic mass is 10.00. The Labute approximate surface area is 91.2 Å². The van der Waals surface area contributed by atoms with E-state index in [1.807, 2.05) is 20.8 Å². The Balaban J connectivity index is 2.50. The second-order valence-corrected chi connectivity index (χ2v) is 5.09. The zero-order valence-corrected chi connectivity index (χ0v) is 9.71. The van der Waals surface area contributed by atoms with E-state index in [0.717, 1.165) is 19.4 Å². The maximum atomic E-state index is 11.8. The summed E-state index contributed by atoms with van der Waals surface area (Å²) in [6.07, 6.45) is 1.84. The van der Waals surface area contributed by atoms with Gasteiger partial charge >= 0.3 is 6.03 Å². The molecule has 4 heteroatoms. The summed E-state index contributed by atoms with van der Waals surface area (Å²) in [6, 6.07) is 2.18. The fourth-order valence-corrected chi connectivity index (χ4v) is 1.67. The summed E-state index contributed by atoms with van der Waals surface area (Å²) >= 11 is 0. The Bertz CT molecular complexity index is 275. The number of nitrogens with one attached hydrogen (secondary N) is 1. The lowest BCUT2D eigenvalue weighted by Gasteiger charge is -2.32. The second-order valence-electron chi connectivity index (χ2n) is 5.09. The van der Waals surface area contributed by atoms with Crippen LogP contribution in [0.1, 0.15) is 33.6 Å². The average Bonchev–Trinajstić information content (AvgIpc) is 2.15. The van der Waals surface area contributed by atoms with Crippen LogP contribution >= 0.6 is 0 Å². The summed E-state index contributed by atoms with van der Waals surface area (Å²) in [7, 11) is 0. The van der Waals surface area contributed by atoms with Crippen LogP contribution in [0.4, 0.5) is 4.79 Å². The molecule has 1 heterocycles. The fraction of sp³-hybridized carbons (Fsp3) is 0.818. The summed E-state index contributed by atoms with van der Waals surface area (Å²) < 4.78 is 0.